The molecule has 1 N–H and O–H groups in total. The summed E-state index contributed by atoms with van der Waals surface area (Å²) in [5.74, 6) is 0.839. The normalized spacial score (nSPS) is 50.7. The van der Waals surface area contributed by atoms with Gasteiger partial charge in [0.15, 0.2) is 0 Å². The molecule has 1 nitrogen and oxygen atoms in total. The maximum absolute atomic E-state index is 9.78. The summed E-state index contributed by atoms with van der Waals surface area (Å²) in [5.41, 5.74) is 0.304. The molecule has 0 radical (unpaired) electrons. The summed E-state index contributed by atoms with van der Waals surface area (Å²) in [6.07, 6.45) is 7.70. The van der Waals surface area contributed by atoms with Gasteiger partial charge in [0.2, 0.25) is 0 Å². The van der Waals surface area contributed by atoms with Crippen LogP contribution >= 0.6 is 0 Å². The van der Waals surface area contributed by atoms with Gasteiger partial charge in [-0.2, -0.15) is 0 Å². The minimum absolute atomic E-state index is 0.00722. The number of rotatable bonds is 0. The highest BCUT2D eigenvalue weighted by Crippen LogP contribution is 2.51. The van der Waals surface area contributed by atoms with E-state index in [0.717, 1.165) is 12.3 Å². The van der Waals surface area contributed by atoms with E-state index in [1.807, 2.05) is 0 Å². The minimum Gasteiger partial charge on any atom is -0.393 e. The van der Waals surface area contributed by atoms with Gasteiger partial charge in [-0.3, -0.25) is 0 Å². The molecule has 2 aliphatic carbocycles. The molecule has 2 saturated carbocycles. The van der Waals surface area contributed by atoms with E-state index in [1.54, 1.807) is 0 Å². The Hall–Kier alpha value is -0.0400. The maximum atomic E-state index is 9.78. The first-order chi connectivity index (χ1) is 5.23. The molecule has 2 fully saturated rings. The van der Waals surface area contributed by atoms with Crippen molar-refractivity contribution >= 4 is 0 Å². The van der Waals surface area contributed by atoms with Crippen molar-refractivity contribution in [3.05, 3.63) is 0 Å². The van der Waals surface area contributed by atoms with Gasteiger partial charge in [0.1, 0.15) is 0 Å². The monoisotopic (exact) mass is 154 g/mol. The van der Waals surface area contributed by atoms with Gasteiger partial charge in [-0.15, -0.1) is 0 Å². The highest BCUT2D eigenvalue weighted by Gasteiger charge is 2.46. The van der Waals surface area contributed by atoms with E-state index in [9.17, 15) is 5.11 Å². The molecule has 0 bridgehead atoms. The average molecular weight is 154 g/mol. The topological polar surface area (TPSA) is 20.2 Å². The molecule has 1 heteroatoms. The van der Waals surface area contributed by atoms with Crippen molar-refractivity contribution in [1.82, 2.24) is 0 Å². The summed E-state index contributed by atoms with van der Waals surface area (Å²) in [5, 5.41) is 9.78. The average Bonchev–Trinajstić information content (AvgIpc) is 2.29. The van der Waals surface area contributed by atoms with Gasteiger partial charge in [0, 0.05) is 0 Å². The summed E-state index contributed by atoms with van der Waals surface area (Å²) >= 11 is 0. The van der Waals surface area contributed by atoms with Gasteiger partial charge >= 0.3 is 0 Å². The molecule has 0 spiro atoms. The SMILES string of the molecule is C[C@]12CCCC[C@@H]1CC[C@@H]2O. The fourth-order valence-corrected chi connectivity index (χ4v) is 3.03. The molecule has 2 aliphatic rings. The summed E-state index contributed by atoms with van der Waals surface area (Å²) < 4.78 is 0. The van der Waals surface area contributed by atoms with Gasteiger partial charge in [0.25, 0.3) is 0 Å². The van der Waals surface area contributed by atoms with E-state index in [0.29, 0.717) is 5.41 Å². The number of hydrogen-bond donors (Lipinski definition) is 1. The molecule has 0 aromatic heterocycles. The summed E-state index contributed by atoms with van der Waals surface area (Å²) in [7, 11) is 0. The lowest BCUT2D eigenvalue weighted by molar-refractivity contribution is 0.0138. The molecule has 0 saturated heterocycles. The zero-order chi connectivity index (χ0) is 7.90. The largest absolute Gasteiger partial charge is 0.393 e. The van der Waals surface area contributed by atoms with Crippen LogP contribution < -0.4 is 0 Å². The van der Waals surface area contributed by atoms with Crippen LogP contribution in [0.1, 0.15) is 45.4 Å². The third-order valence-corrected chi connectivity index (χ3v) is 4.00. The molecule has 0 unspecified atom stereocenters. The molecular formula is C10H18O. The van der Waals surface area contributed by atoms with Crippen molar-refractivity contribution < 1.29 is 5.11 Å². The highest BCUT2D eigenvalue weighted by atomic mass is 16.3. The van der Waals surface area contributed by atoms with Crippen molar-refractivity contribution in [2.75, 3.05) is 0 Å². The van der Waals surface area contributed by atoms with Gasteiger partial charge in [-0.05, 0) is 37.0 Å². The van der Waals surface area contributed by atoms with Crippen LogP contribution in [0.3, 0.4) is 0 Å². The van der Waals surface area contributed by atoms with Gasteiger partial charge < -0.3 is 5.11 Å². The lowest BCUT2D eigenvalue weighted by Gasteiger charge is -2.38. The van der Waals surface area contributed by atoms with Gasteiger partial charge in [0.05, 0.1) is 6.10 Å². The highest BCUT2D eigenvalue weighted by molar-refractivity contribution is 4.96. The zero-order valence-corrected chi connectivity index (χ0v) is 7.34. The van der Waals surface area contributed by atoms with Crippen LogP contribution in [0, 0.1) is 11.3 Å². The summed E-state index contributed by atoms with van der Waals surface area (Å²) in [6.45, 7) is 2.29. The molecule has 0 aliphatic heterocycles. The van der Waals surface area contributed by atoms with E-state index in [1.165, 1.54) is 32.1 Å². The Kier molecular flexibility index (Phi) is 1.71. The second kappa shape index (κ2) is 2.48. The number of aliphatic hydroxyl groups excluding tert-OH is 1. The maximum Gasteiger partial charge on any atom is 0.0596 e. The van der Waals surface area contributed by atoms with Crippen molar-refractivity contribution in [3.8, 4) is 0 Å². The molecule has 0 heterocycles. The third-order valence-electron chi connectivity index (χ3n) is 4.00. The van der Waals surface area contributed by atoms with Crippen molar-refractivity contribution in [2.24, 2.45) is 11.3 Å². The summed E-state index contributed by atoms with van der Waals surface area (Å²) in [6, 6.07) is 0. The van der Waals surface area contributed by atoms with Crippen LogP contribution in [-0.2, 0) is 0 Å². The first kappa shape index (κ1) is 7.60. The van der Waals surface area contributed by atoms with Crippen molar-refractivity contribution in [2.45, 2.75) is 51.6 Å². The Bertz CT molecular complexity index is 153. The van der Waals surface area contributed by atoms with Crippen LogP contribution in [0.5, 0.6) is 0 Å². The van der Waals surface area contributed by atoms with Crippen molar-refractivity contribution in [1.29, 1.82) is 0 Å². The van der Waals surface area contributed by atoms with E-state index in [2.05, 4.69) is 6.92 Å². The minimum atomic E-state index is 0.00722. The quantitative estimate of drug-likeness (QED) is 0.568. The second-order valence-corrected chi connectivity index (χ2v) is 4.54. The molecule has 0 amide bonds. The van der Waals surface area contributed by atoms with Crippen molar-refractivity contribution in [3.63, 3.8) is 0 Å². The Morgan fingerprint density at radius 3 is 2.73 bits per heavy atom. The van der Waals surface area contributed by atoms with Crippen LogP contribution in [0.4, 0.5) is 0 Å². The fourth-order valence-electron chi connectivity index (χ4n) is 3.03. The van der Waals surface area contributed by atoms with E-state index in [-0.39, 0.29) is 6.10 Å². The summed E-state index contributed by atoms with van der Waals surface area (Å²) in [4.78, 5) is 0. The fraction of sp³-hybridized carbons (Fsp3) is 1.00. The predicted molar refractivity (Wildman–Crippen MR) is 45.3 cm³/mol. The predicted octanol–water partition coefficient (Wildman–Crippen LogP) is 2.34. The van der Waals surface area contributed by atoms with Gasteiger partial charge in [-0.25, -0.2) is 0 Å². The zero-order valence-electron chi connectivity index (χ0n) is 7.34. The Balaban J connectivity index is 2.16. The molecule has 0 aromatic rings. The molecule has 11 heavy (non-hydrogen) atoms. The van der Waals surface area contributed by atoms with Gasteiger partial charge in [-0.1, -0.05) is 19.8 Å². The first-order valence-electron chi connectivity index (χ1n) is 4.91. The Labute approximate surface area is 68.8 Å². The van der Waals surface area contributed by atoms with Crippen LogP contribution in [-0.4, -0.2) is 11.2 Å². The lowest BCUT2D eigenvalue weighted by Crippen LogP contribution is -2.34. The standard InChI is InChI=1S/C10H18O/c1-10-7-3-2-4-8(10)5-6-9(10)11/h8-9,11H,2-7H2,1H3/t8-,9+,10+/m1/s1. The second-order valence-electron chi connectivity index (χ2n) is 4.54. The van der Waals surface area contributed by atoms with Crippen LogP contribution in [0.2, 0.25) is 0 Å². The third kappa shape index (κ3) is 1.01. The number of aliphatic hydroxyl groups is 1. The molecular weight excluding hydrogens is 136 g/mol. The van der Waals surface area contributed by atoms with Crippen LogP contribution in [0.15, 0.2) is 0 Å². The number of hydrogen-bond acceptors (Lipinski definition) is 1. The molecule has 2 rings (SSSR count). The lowest BCUT2D eigenvalue weighted by atomic mass is 9.69. The van der Waals surface area contributed by atoms with E-state index in [4.69, 9.17) is 0 Å². The molecule has 64 valence electrons. The first-order valence-corrected chi connectivity index (χ1v) is 4.91. The van der Waals surface area contributed by atoms with E-state index >= 15 is 0 Å². The van der Waals surface area contributed by atoms with Crippen LogP contribution in [0.25, 0.3) is 0 Å². The number of fused-ring (bicyclic) bond motifs is 1. The smallest absolute Gasteiger partial charge is 0.0596 e. The molecule has 0 aromatic carbocycles. The van der Waals surface area contributed by atoms with E-state index < -0.39 is 0 Å². The molecule has 3 atom stereocenters. The Morgan fingerprint density at radius 1 is 1.18 bits per heavy atom. The Morgan fingerprint density at radius 2 is 2.00 bits per heavy atom.